The van der Waals surface area contributed by atoms with Crippen LogP contribution in [0.4, 0.5) is 4.39 Å². The Bertz CT molecular complexity index is 604. The first-order valence-electron chi connectivity index (χ1n) is 6.05. The molecular formula is C15H16FNO2. The molecule has 0 saturated carbocycles. The average molecular weight is 261 g/mol. The first-order chi connectivity index (χ1) is 8.99. The molecular weight excluding hydrogens is 245 g/mol. The molecule has 0 aliphatic heterocycles. The van der Waals surface area contributed by atoms with Gasteiger partial charge in [0.1, 0.15) is 17.3 Å². The lowest BCUT2D eigenvalue weighted by Crippen LogP contribution is -2.27. The highest BCUT2D eigenvalue weighted by atomic mass is 19.1. The summed E-state index contributed by atoms with van der Waals surface area (Å²) in [4.78, 5) is 13.6. The van der Waals surface area contributed by atoms with Crippen molar-refractivity contribution in [2.24, 2.45) is 0 Å². The largest absolute Gasteiger partial charge is 0.464 e. The highest BCUT2D eigenvalue weighted by Crippen LogP contribution is 2.16. The molecule has 0 aliphatic rings. The van der Waals surface area contributed by atoms with Gasteiger partial charge in [-0.3, -0.25) is 4.79 Å². The van der Waals surface area contributed by atoms with Crippen LogP contribution < -0.4 is 0 Å². The van der Waals surface area contributed by atoms with Crippen molar-refractivity contribution in [3.05, 3.63) is 58.8 Å². The van der Waals surface area contributed by atoms with Crippen LogP contribution in [0, 0.1) is 19.7 Å². The molecule has 19 heavy (non-hydrogen) atoms. The molecule has 1 amide bonds. The van der Waals surface area contributed by atoms with Crippen molar-refractivity contribution in [1.82, 2.24) is 4.90 Å². The van der Waals surface area contributed by atoms with Crippen molar-refractivity contribution in [1.29, 1.82) is 0 Å². The Kier molecular flexibility index (Phi) is 3.69. The molecule has 0 bridgehead atoms. The van der Waals surface area contributed by atoms with Gasteiger partial charge in [0.2, 0.25) is 0 Å². The minimum Gasteiger partial charge on any atom is -0.464 e. The number of furan rings is 1. The molecule has 0 N–H and O–H groups in total. The summed E-state index contributed by atoms with van der Waals surface area (Å²) in [6.45, 7) is 3.80. The number of amides is 1. The summed E-state index contributed by atoms with van der Waals surface area (Å²) < 4.78 is 19.3. The summed E-state index contributed by atoms with van der Waals surface area (Å²) in [6.07, 6.45) is 0. The number of hydrogen-bond acceptors (Lipinski definition) is 2. The minimum atomic E-state index is -0.463. The molecule has 0 radical (unpaired) electrons. The summed E-state index contributed by atoms with van der Waals surface area (Å²) in [5, 5.41) is 0. The highest BCUT2D eigenvalue weighted by molar-refractivity contribution is 5.94. The zero-order valence-corrected chi connectivity index (χ0v) is 11.2. The Labute approximate surface area is 111 Å². The second-order valence-corrected chi connectivity index (χ2v) is 4.61. The van der Waals surface area contributed by atoms with E-state index in [0.29, 0.717) is 17.9 Å². The summed E-state index contributed by atoms with van der Waals surface area (Å²) >= 11 is 0. The molecule has 2 aromatic rings. The molecule has 1 heterocycles. The Morgan fingerprint density at radius 2 is 2.00 bits per heavy atom. The number of nitrogens with zero attached hydrogens (tertiary/aromatic N) is 1. The van der Waals surface area contributed by atoms with Crippen LogP contribution >= 0.6 is 0 Å². The zero-order valence-electron chi connectivity index (χ0n) is 11.2. The maximum Gasteiger partial charge on any atom is 0.256 e. The first kappa shape index (κ1) is 13.3. The third-order valence-corrected chi connectivity index (χ3v) is 2.96. The number of carbonyl (C=O) groups excluding carboxylic acids is 1. The van der Waals surface area contributed by atoms with Crippen molar-refractivity contribution in [2.75, 3.05) is 7.05 Å². The normalized spacial score (nSPS) is 10.5. The van der Waals surface area contributed by atoms with Crippen LogP contribution in [-0.4, -0.2) is 17.9 Å². The van der Waals surface area contributed by atoms with Crippen molar-refractivity contribution < 1.29 is 13.6 Å². The van der Waals surface area contributed by atoms with Crippen LogP contribution in [-0.2, 0) is 6.54 Å². The molecule has 1 aromatic heterocycles. The van der Waals surface area contributed by atoms with Gasteiger partial charge < -0.3 is 9.32 Å². The van der Waals surface area contributed by atoms with Gasteiger partial charge in [0, 0.05) is 7.05 Å². The molecule has 0 spiro atoms. The van der Waals surface area contributed by atoms with Gasteiger partial charge in [-0.05, 0) is 37.6 Å². The van der Waals surface area contributed by atoms with E-state index in [1.807, 2.05) is 19.1 Å². The van der Waals surface area contributed by atoms with Crippen molar-refractivity contribution in [3.63, 3.8) is 0 Å². The SMILES string of the molecule is Cc1ccc(CN(C)C(=O)c2cccc(C)c2F)o1. The third kappa shape index (κ3) is 2.84. The van der Waals surface area contributed by atoms with Crippen LogP contribution in [0.5, 0.6) is 0 Å². The fourth-order valence-electron chi connectivity index (χ4n) is 1.89. The Morgan fingerprint density at radius 1 is 1.26 bits per heavy atom. The lowest BCUT2D eigenvalue weighted by Gasteiger charge is -2.16. The van der Waals surface area contributed by atoms with E-state index >= 15 is 0 Å². The maximum atomic E-state index is 13.9. The molecule has 100 valence electrons. The van der Waals surface area contributed by atoms with Gasteiger partial charge in [-0.2, -0.15) is 0 Å². The van der Waals surface area contributed by atoms with Crippen molar-refractivity contribution in [2.45, 2.75) is 20.4 Å². The second-order valence-electron chi connectivity index (χ2n) is 4.61. The van der Waals surface area contributed by atoms with Crippen LogP contribution in [0.1, 0.15) is 27.4 Å². The van der Waals surface area contributed by atoms with E-state index in [4.69, 9.17) is 4.42 Å². The van der Waals surface area contributed by atoms with E-state index in [-0.39, 0.29) is 11.5 Å². The van der Waals surface area contributed by atoms with E-state index in [1.165, 1.54) is 11.0 Å². The molecule has 0 unspecified atom stereocenters. The summed E-state index contributed by atoms with van der Waals surface area (Å²) in [5.41, 5.74) is 0.555. The van der Waals surface area contributed by atoms with Gasteiger partial charge in [0.05, 0.1) is 12.1 Å². The maximum absolute atomic E-state index is 13.9. The second kappa shape index (κ2) is 5.26. The van der Waals surface area contributed by atoms with E-state index < -0.39 is 5.82 Å². The zero-order chi connectivity index (χ0) is 14.0. The molecule has 0 atom stereocenters. The van der Waals surface area contributed by atoms with Crippen LogP contribution in [0.25, 0.3) is 0 Å². The number of halogens is 1. The Morgan fingerprint density at radius 3 is 2.63 bits per heavy atom. The lowest BCUT2D eigenvalue weighted by molar-refractivity contribution is 0.0770. The lowest BCUT2D eigenvalue weighted by atomic mass is 10.1. The molecule has 3 nitrogen and oxygen atoms in total. The summed E-state index contributed by atoms with van der Waals surface area (Å²) in [7, 11) is 1.63. The fraction of sp³-hybridized carbons (Fsp3) is 0.267. The van der Waals surface area contributed by atoms with Gasteiger partial charge in [0.15, 0.2) is 0 Å². The van der Waals surface area contributed by atoms with Gasteiger partial charge in [-0.25, -0.2) is 4.39 Å². The number of aryl methyl sites for hydroxylation is 2. The van der Waals surface area contributed by atoms with Crippen molar-refractivity contribution in [3.8, 4) is 0 Å². The van der Waals surface area contributed by atoms with Crippen LogP contribution in [0.3, 0.4) is 0 Å². The van der Waals surface area contributed by atoms with Gasteiger partial charge in [-0.15, -0.1) is 0 Å². The van der Waals surface area contributed by atoms with Gasteiger partial charge in [0.25, 0.3) is 5.91 Å². The summed E-state index contributed by atoms with van der Waals surface area (Å²) in [6, 6.07) is 8.46. The number of rotatable bonds is 3. The number of hydrogen-bond donors (Lipinski definition) is 0. The number of benzene rings is 1. The minimum absolute atomic E-state index is 0.0887. The topological polar surface area (TPSA) is 33.5 Å². The fourth-order valence-corrected chi connectivity index (χ4v) is 1.89. The monoisotopic (exact) mass is 261 g/mol. The molecule has 1 aromatic carbocycles. The molecule has 4 heteroatoms. The van der Waals surface area contributed by atoms with E-state index in [2.05, 4.69) is 0 Å². The standard InChI is InChI=1S/C15H16FNO2/c1-10-5-4-6-13(14(10)16)15(18)17(3)9-12-8-7-11(2)19-12/h4-8H,9H2,1-3H3. The Hall–Kier alpha value is -2.10. The first-order valence-corrected chi connectivity index (χ1v) is 6.05. The average Bonchev–Trinajstić information content (AvgIpc) is 2.77. The quantitative estimate of drug-likeness (QED) is 0.849. The van der Waals surface area contributed by atoms with Crippen molar-refractivity contribution >= 4 is 5.91 Å². The predicted molar refractivity (Wildman–Crippen MR) is 70.4 cm³/mol. The summed E-state index contributed by atoms with van der Waals surface area (Å²) in [5.74, 6) is 0.657. The molecule has 0 fully saturated rings. The van der Waals surface area contributed by atoms with Crippen LogP contribution in [0.2, 0.25) is 0 Å². The highest BCUT2D eigenvalue weighted by Gasteiger charge is 2.18. The molecule has 0 saturated heterocycles. The molecule has 0 aliphatic carbocycles. The molecule has 2 rings (SSSR count). The van der Waals surface area contributed by atoms with E-state index in [1.54, 1.807) is 26.1 Å². The Balaban J connectivity index is 2.17. The van der Waals surface area contributed by atoms with E-state index in [9.17, 15) is 9.18 Å². The van der Waals surface area contributed by atoms with Crippen LogP contribution in [0.15, 0.2) is 34.7 Å². The van der Waals surface area contributed by atoms with E-state index in [0.717, 1.165) is 5.76 Å². The van der Waals surface area contributed by atoms with Gasteiger partial charge in [-0.1, -0.05) is 12.1 Å². The smallest absolute Gasteiger partial charge is 0.256 e. The van der Waals surface area contributed by atoms with Gasteiger partial charge >= 0.3 is 0 Å². The predicted octanol–water partition coefficient (Wildman–Crippen LogP) is 3.31. The third-order valence-electron chi connectivity index (χ3n) is 2.96. The number of carbonyl (C=O) groups is 1.